The number of rotatable bonds is 4. The van der Waals surface area contributed by atoms with Gasteiger partial charge in [0.15, 0.2) is 5.82 Å². The van der Waals surface area contributed by atoms with Gasteiger partial charge >= 0.3 is 0 Å². The molecule has 1 aliphatic heterocycles. The molecule has 0 bridgehead atoms. The summed E-state index contributed by atoms with van der Waals surface area (Å²) in [7, 11) is 1.89. The SMILES string of the molecule is Cn1ccnc1-c1nc(NC2CCOCC2)ncc1-c1ccccc1F. The van der Waals surface area contributed by atoms with E-state index in [9.17, 15) is 4.39 Å². The zero-order chi connectivity index (χ0) is 17.9. The fourth-order valence-corrected chi connectivity index (χ4v) is 3.12. The summed E-state index contributed by atoms with van der Waals surface area (Å²) in [5, 5.41) is 3.36. The van der Waals surface area contributed by atoms with Gasteiger partial charge in [0.2, 0.25) is 5.95 Å². The van der Waals surface area contributed by atoms with Crippen molar-refractivity contribution in [1.29, 1.82) is 0 Å². The lowest BCUT2D eigenvalue weighted by Gasteiger charge is -2.23. The van der Waals surface area contributed by atoms with Crippen LogP contribution in [0.5, 0.6) is 0 Å². The number of ether oxygens (including phenoxy) is 1. The predicted molar refractivity (Wildman–Crippen MR) is 97.1 cm³/mol. The van der Waals surface area contributed by atoms with Crippen LogP contribution in [0.1, 0.15) is 12.8 Å². The Bertz CT molecular complexity index is 904. The number of benzene rings is 1. The van der Waals surface area contributed by atoms with Gasteiger partial charge in [-0.25, -0.2) is 19.3 Å². The van der Waals surface area contributed by atoms with Gasteiger partial charge in [-0.1, -0.05) is 18.2 Å². The summed E-state index contributed by atoms with van der Waals surface area (Å²) in [6.45, 7) is 1.47. The number of aryl methyl sites for hydroxylation is 1. The standard InChI is InChI=1S/C19H20FN5O/c1-25-9-8-21-18(25)17-15(14-4-2-3-5-16(14)20)12-22-19(24-17)23-13-6-10-26-11-7-13/h2-5,8-9,12-13H,6-7,10-11H2,1H3,(H,22,23,24). The second-order valence-electron chi connectivity index (χ2n) is 6.33. The molecule has 0 radical (unpaired) electrons. The largest absolute Gasteiger partial charge is 0.381 e. The summed E-state index contributed by atoms with van der Waals surface area (Å²) >= 11 is 0. The molecule has 134 valence electrons. The molecule has 1 aliphatic rings. The number of halogens is 1. The third-order valence-corrected chi connectivity index (χ3v) is 4.54. The molecule has 3 aromatic rings. The molecule has 1 aromatic carbocycles. The van der Waals surface area contributed by atoms with E-state index < -0.39 is 0 Å². The van der Waals surface area contributed by atoms with Crippen LogP contribution in [0.3, 0.4) is 0 Å². The molecule has 7 heteroatoms. The molecular weight excluding hydrogens is 333 g/mol. The highest BCUT2D eigenvalue weighted by molar-refractivity contribution is 5.78. The zero-order valence-corrected chi connectivity index (χ0v) is 14.5. The molecule has 0 atom stereocenters. The molecule has 0 amide bonds. The number of hydrogen-bond acceptors (Lipinski definition) is 5. The Morgan fingerprint density at radius 1 is 1.15 bits per heavy atom. The average Bonchev–Trinajstić information content (AvgIpc) is 3.09. The van der Waals surface area contributed by atoms with Gasteiger partial charge in [-0.05, 0) is 18.9 Å². The van der Waals surface area contributed by atoms with Crippen molar-refractivity contribution in [2.75, 3.05) is 18.5 Å². The molecule has 1 fully saturated rings. The fourth-order valence-electron chi connectivity index (χ4n) is 3.12. The molecular formula is C19H20FN5O. The van der Waals surface area contributed by atoms with Crippen molar-refractivity contribution in [1.82, 2.24) is 19.5 Å². The van der Waals surface area contributed by atoms with E-state index in [4.69, 9.17) is 4.74 Å². The van der Waals surface area contributed by atoms with Crippen LogP contribution in [0.25, 0.3) is 22.6 Å². The maximum atomic E-state index is 14.4. The Labute approximate surface area is 151 Å². The van der Waals surface area contributed by atoms with Gasteiger partial charge in [-0.3, -0.25) is 0 Å². The van der Waals surface area contributed by atoms with Crippen LogP contribution in [-0.2, 0) is 11.8 Å². The first kappa shape index (κ1) is 16.7. The molecule has 6 nitrogen and oxygen atoms in total. The average molecular weight is 353 g/mol. The quantitative estimate of drug-likeness (QED) is 0.780. The first-order valence-corrected chi connectivity index (χ1v) is 8.66. The van der Waals surface area contributed by atoms with Crippen LogP contribution >= 0.6 is 0 Å². The Morgan fingerprint density at radius 2 is 1.96 bits per heavy atom. The summed E-state index contributed by atoms with van der Waals surface area (Å²) in [4.78, 5) is 13.5. The highest BCUT2D eigenvalue weighted by Gasteiger charge is 2.19. The van der Waals surface area contributed by atoms with E-state index in [0.29, 0.717) is 28.6 Å². The first-order valence-electron chi connectivity index (χ1n) is 8.66. The van der Waals surface area contributed by atoms with Crippen molar-refractivity contribution >= 4 is 5.95 Å². The number of nitrogens with one attached hydrogen (secondary N) is 1. The third-order valence-electron chi connectivity index (χ3n) is 4.54. The Hall–Kier alpha value is -2.80. The monoisotopic (exact) mass is 353 g/mol. The minimum absolute atomic E-state index is 0.275. The highest BCUT2D eigenvalue weighted by atomic mass is 19.1. The summed E-state index contributed by atoms with van der Waals surface area (Å²) in [6, 6.07) is 6.91. The number of imidazole rings is 1. The Balaban J connectivity index is 1.77. The van der Waals surface area contributed by atoms with Crippen molar-refractivity contribution in [3.05, 3.63) is 48.7 Å². The van der Waals surface area contributed by atoms with Gasteiger partial charge in [0.1, 0.15) is 11.5 Å². The minimum Gasteiger partial charge on any atom is -0.381 e. The molecule has 1 N–H and O–H groups in total. The van der Waals surface area contributed by atoms with Crippen LogP contribution in [0.4, 0.5) is 10.3 Å². The third kappa shape index (κ3) is 3.30. The lowest BCUT2D eigenvalue weighted by atomic mass is 10.0. The molecule has 0 spiro atoms. The second-order valence-corrected chi connectivity index (χ2v) is 6.33. The van der Waals surface area contributed by atoms with Crippen LogP contribution in [-0.4, -0.2) is 38.8 Å². The van der Waals surface area contributed by atoms with Crippen LogP contribution in [0, 0.1) is 5.82 Å². The summed E-state index contributed by atoms with van der Waals surface area (Å²) < 4.78 is 21.6. The van der Waals surface area contributed by atoms with Crippen molar-refractivity contribution in [2.45, 2.75) is 18.9 Å². The van der Waals surface area contributed by atoms with Gasteiger partial charge in [-0.2, -0.15) is 0 Å². The van der Waals surface area contributed by atoms with Crippen molar-refractivity contribution < 1.29 is 9.13 Å². The van der Waals surface area contributed by atoms with Gasteiger partial charge in [-0.15, -0.1) is 0 Å². The van der Waals surface area contributed by atoms with Crippen LogP contribution in [0.15, 0.2) is 42.9 Å². The molecule has 1 saturated heterocycles. The highest BCUT2D eigenvalue weighted by Crippen LogP contribution is 2.31. The maximum absolute atomic E-state index is 14.4. The first-order chi connectivity index (χ1) is 12.7. The predicted octanol–water partition coefficient (Wildman–Crippen LogP) is 3.27. The lowest BCUT2D eigenvalue weighted by molar-refractivity contribution is 0.0903. The summed E-state index contributed by atoms with van der Waals surface area (Å²) in [5.74, 6) is 0.882. The Kier molecular flexibility index (Phi) is 4.62. The Morgan fingerprint density at radius 3 is 2.69 bits per heavy atom. The molecule has 0 unspecified atom stereocenters. The number of nitrogens with zero attached hydrogens (tertiary/aromatic N) is 4. The minimum atomic E-state index is -0.309. The van der Waals surface area contributed by atoms with Gasteiger partial charge in [0.25, 0.3) is 0 Å². The molecule has 3 heterocycles. The zero-order valence-electron chi connectivity index (χ0n) is 14.5. The van der Waals surface area contributed by atoms with Gasteiger partial charge in [0.05, 0.1) is 0 Å². The normalized spacial score (nSPS) is 15.2. The number of aromatic nitrogens is 4. The van der Waals surface area contributed by atoms with Crippen LogP contribution in [0.2, 0.25) is 0 Å². The lowest BCUT2D eigenvalue weighted by Crippen LogP contribution is -2.28. The maximum Gasteiger partial charge on any atom is 0.223 e. The van der Waals surface area contributed by atoms with Crippen LogP contribution < -0.4 is 5.32 Å². The number of hydrogen-bond donors (Lipinski definition) is 1. The van der Waals surface area contributed by atoms with E-state index in [2.05, 4.69) is 20.3 Å². The van der Waals surface area contributed by atoms with Gasteiger partial charge in [0, 0.05) is 56.0 Å². The fraction of sp³-hybridized carbons (Fsp3) is 0.316. The molecule has 0 aliphatic carbocycles. The molecule has 26 heavy (non-hydrogen) atoms. The van der Waals surface area contributed by atoms with Gasteiger partial charge < -0.3 is 14.6 Å². The smallest absolute Gasteiger partial charge is 0.223 e. The van der Waals surface area contributed by atoms with E-state index in [0.717, 1.165) is 26.1 Å². The topological polar surface area (TPSA) is 64.9 Å². The molecule has 0 saturated carbocycles. The second kappa shape index (κ2) is 7.21. The van der Waals surface area contributed by atoms with E-state index in [1.165, 1.54) is 6.07 Å². The molecule has 2 aromatic heterocycles. The van der Waals surface area contributed by atoms with Crippen molar-refractivity contribution in [3.63, 3.8) is 0 Å². The van der Waals surface area contributed by atoms with E-state index in [1.807, 2.05) is 17.8 Å². The van der Waals surface area contributed by atoms with Crippen molar-refractivity contribution in [3.8, 4) is 22.6 Å². The van der Waals surface area contributed by atoms with E-state index in [-0.39, 0.29) is 11.9 Å². The summed E-state index contributed by atoms with van der Waals surface area (Å²) in [6.07, 6.45) is 7.03. The van der Waals surface area contributed by atoms with E-state index >= 15 is 0 Å². The molecule has 4 rings (SSSR count). The summed E-state index contributed by atoms with van der Waals surface area (Å²) in [5.41, 5.74) is 1.69. The number of anilines is 1. The van der Waals surface area contributed by atoms with Crippen molar-refractivity contribution in [2.24, 2.45) is 7.05 Å². The van der Waals surface area contributed by atoms with E-state index in [1.54, 1.807) is 30.6 Å².